The topological polar surface area (TPSA) is 74.2 Å². The van der Waals surface area contributed by atoms with Crippen molar-refractivity contribution >= 4 is 23.4 Å². The first-order valence-corrected chi connectivity index (χ1v) is 8.89. The zero-order valence-electron chi connectivity index (χ0n) is 13.7. The summed E-state index contributed by atoms with van der Waals surface area (Å²) < 4.78 is 5.78. The third-order valence-electron chi connectivity index (χ3n) is 4.07. The number of hydrogen-bond acceptors (Lipinski definition) is 5. The first-order chi connectivity index (χ1) is 11.0. The van der Waals surface area contributed by atoms with Gasteiger partial charge in [0.05, 0.1) is 29.7 Å². The summed E-state index contributed by atoms with van der Waals surface area (Å²) in [7, 11) is 0. The summed E-state index contributed by atoms with van der Waals surface area (Å²) >= 11 is 1.90. The third-order valence-corrected chi connectivity index (χ3v) is 5.09. The van der Waals surface area contributed by atoms with Gasteiger partial charge >= 0.3 is 0 Å². The molecule has 2 N–H and O–H groups in total. The smallest absolute Gasteiger partial charge is 0.238 e. The Kier molecular flexibility index (Phi) is 4.77. The molecule has 7 heteroatoms. The Balaban J connectivity index is 1.68. The number of carbonyl (C=O) groups excluding carboxylic acids is 1. The quantitative estimate of drug-likeness (QED) is 0.899. The van der Waals surface area contributed by atoms with E-state index in [4.69, 9.17) is 4.42 Å². The highest BCUT2D eigenvalue weighted by Crippen LogP contribution is 2.30. The van der Waals surface area contributed by atoms with Crippen LogP contribution in [0.2, 0.25) is 0 Å². The Morgan fingerprint density at radius 1 is 1.48 bits per heavy atom. The van der Waals surface area contributed by atoms with Crippen LogP contribution in [0.3, 0.4) is 0 Å². The van der Waals surface area contributed by atoms with Crippen LogP contribution in [0.5, 0.6) is 0 Å². The number of aromatic nitrogens is 2. The van der Waals surface area contributed by atoms with Gasteiger partial charge in [-0.2, -0.15) is 16.9 Å². The fourth-order valence-corrected chi connectivity index (χ4v) is 3.95. The zero-order valence-corrected chi connectivity index (χ0v) is 14.5. The number of amides is 1. The number of aromatic amines is 1. The number of furan rings is 1. The predicted octanol–water partition coefficient (Wildman–Crippen LogP) is 2.66. The summed E-state index contributed by atoms with van der Waals surface area (Å²) in [5.74, 6) is 3.82. The average molecular weight is 334 g/mol. The second-order valence-corrected chi connectivity index (χ2v) is 7.02. The van der Waals surface area contributed by atoms with Crippen molar-refractivity contribution in [3.63, 3.8) is 0 Å². The molecule has 23 heavy (non-hydrogen) atoms. The number of anilines is 1. The second-order valence-electron chi connectivity index (χ2n) is 5.87. The van der Waals surface area contributed by atoms with Gasteiger partial charge in [-0.05, 0) is 32.9 Å². The van der Waals surface area contributed by atoms with Crippen LogP contribution in [0.15, 0.2) is 16.5 Å². The Morgan fingerprint density at radius 2 is 2.30 bits per heavy atom. The molecular weight excluding hydrogens is 312 g/mol. The number of H-pyrrole nitrogens is 1. The zero-order chi connectivity index (χ0) is 16.4. The lowest BCUT2D eigenvalue weighted by Gasteiger charge is -2.33. The van der Waals surface area contributed by atoms with E-state index in [0.717, 1.165) is 46.6 Å². The number of aryl methyl sites for hydroxylation is 3. The average Bonchev–Trinajstić information content (AvgIpc) is 3.08. The van der Waals surface area contributed by atoms with Crippen molar-refractivity contribution in [2.24, 2.45) is 0 Å². The maximum atomic E-state index is 12.4. The van der Waals surface area contributed by atoms with Gasteiger partial charge in [-0.1, -0.05) is 0 Å². The largest absolute Gasteiger partial charge is 0.465 e. The first-order valence-electron chi connectivity index (χ1n) is 7.74. The van der Waals surface area contributed by atoms with Gasteiger partial charge in [0.25, 0.3) is 0 Å². The molecule has 1 atom stereocenters. The molecule has 1 saturated heterocycles. The van der Waals surface area contributed by atoms with Crippen LogP contribution >= 0.6 is 11.8 Å². The molecule has 0 aromatic carbocycles. The van der Waals surface area contributed by atoms with Crippen molar-refractivity contribution in [3.8, 4) is 0 Å². The molecule has 0 aliphatic carbocycles. The molecule has 2 aromatic heterocycles. The van der Waals surface area contributed by atoms with Gasteiger partial charge in [0.1, 0.15) is 11.5 Å². The highest BCUT2D eigenvalue weighted by molar-refractivity contribution is 7.99. The molecule has 0 radical (unpaired) electrons. The summed E-state index contributed by atoms with van der Waals surface area (Å²) in [5.41, 5.74) is 2.47. The lowest BCUT2D eigenvalue weighted by atomic mass is 10.2. The maximum absolute atomic E-state index is 12.4. The van der Waals surface area contributed by atoms with Crippen molar-refractivity contribution in [2.75, 3.05) is 29.9 Å². The van der Waals surface area contributed by atoms with E-state index in [0.29, 0.717) is 6.54 Å². The van der Waals surface area contributed by atoms with Crippen LogP contribution in [0.1, 0.15) is 29.0 Å². The molecule has 3 heterocycles. The van der Waals surface area contributed by atoms with Crippen molar-refractivity contribution in [1.29, 1.82) is 0 Å². The fourth-order valence-electron chi connectivity index (χ4n) is 2.82. The monoisotopic (exact) mass is 334 g/mol. The number of thioether (sulfide) groups is 1. The maximum Gasteiger partial charge on any atom is 0.238 e. The number of nitrogens with one attached hydrogen (secondary N) is 2. The van der Waals surface area contributed by atoms with E-state index in [1.165, 1.54) is 0 Å². The van der Waals surface area contributed by atoms with Gasteiger partial charge in [-0.15, -0.1) is 0 Å². The highest BCUT2D eigenvalue weighted by Gasteiger charge is 2.28. The van der Waals surface area contributed by atoms with E-state index < -0.39 is 0 Å². The first kappa shape index (κ1) is 16.1. The number of hydrogen-bond donors (Lipinski definition) is 2. The van der Waals surface area contributed by atoms with E-state index in [1.807, 2.05) is 44.7 Å². The van der Waals surface area contributed by atoms with Crippen LogP contribution in [0, 0.1) is 20.8 Å². The molecule has 1 amide bonds. The number of nitrogens with zero attached hydrogens (tertiary/aromatic N) is 2. The summed E-state index contributed by atoms with van der Waals surface area (Å²) in [4.78, 5) is 14.6. The van der Waals surface area contributed by atoms with Gasteiger partial charge in [-0.25, -0.2) is 0 Å². The Hall–Kier alpha value is -1.73. The Morgan fingerprint density at radius 3 is 2.96 bits per heavy atom. The Labute approximate surface area is 140 Å². The van der Waals surface area contributed by atoms with Crippen molar-refractivity contribution < 1.29 is 9.21 Å². The molecule has 1 aliphatic heterocycles. The van der Waals surface area contributed by atoms with Crippen LogP contribution in [-0.2, 0) is 4.79 Å². The molecule has 124 valence electrons. The molecule has 1 fully saturated rings. The molecule has 2 aromatic rings. The van der Waals surface area contributed by atoms with E-state index in [-0.39, 0.29) is 11.9 Å². The normalized spacial score (nSPS) is 19.0. The number of carbonyl (C=O) groups is 1. The predicted molar refractivity (Wildman–Crippen MR) is 91.8 cm³/mol. The molecule has 0 unspecified atom stereocenters. The summed E-state index contributed by atoms with van der Waals surface area (Å²) in [6.07, 6.45) is 0. The van der Waals surface area contributed by atoms with Crippen molar-refractivity contribution in [1.82, 2.24) is 15.1 Å². The van der Waals surface area contributed by atoms with E-state index in [2.05, 4.69) is 20.4 Å². The fraction of sp³-hybridized carbons (Fsp3) is 0.500. The highest BCUT2D eigenvalue weighted by atomic mass is 32.2. The van der Waals surface area contributed by atoms with Crippen LogP contribution in [-0.4, -0.2) is 45.6 Å². The summed E-state index contributed by atoms with van der Waals surface area (Å²) in [6, 6.07) is 4.14. The minimum Gasteiger partial charge on any atom is -0.465 e. The molecule has 0 spiro atoms. The minimum absolute atomic E-state index is 0.0159. The lowest BCUT2D eigenvalue weighted by Crippen LogP contribution is -2.41. The van der Waals surface area contributed by atoms with Crippen LogP contribution in [0.25, 0.3) is 0 Å². The Bertz CT molecular complexity index is 675. The summed E-state index contributed by atoms with van der Waals surface area (Å²) in [5, 5.41) is 9.97. The SMILES string of the molecule is Cc1ccc([C@@H]2CSCCN2CC(=O)Nc2c(C)n[nH]c2C)o1. The molecular formula is C16H22N4O2S. The van der Waals surface area contributed by atoms with Gasteiger partial charge in [0, 0.05) is 18.1 Å². The standard InChI is InChI=1S/C16H22N4O2S/c1-10-4-5-14(22-10)13-9-23-7-6-20(13)8-15(21)17-16-11(2)18-19-12(16)3/h4-5,13H,6-9H2,1-3H3,(H,17,21)(H,18,19)/t13-/m0/s1. The van der Waals surface area contributed by atoms with Gasteiger partial charge in [0.2, 0.25) is 5.91 Å². The third kappa shape index (κ3) is 3.61. The molecule has 0 bridgehead atoms. The van der Waals surface area contributed by atoms with Gasteiger partial charge < -0.3 is 9.73 Å². The van der Waals surface area contributed by atoms with E-state index in [9.17, 15) is 4.79 Å². The summed E-state index contributed by atoms with van der Waals surface area (Å²) in [6.45, 7) is 6.97. The van der Waals surface area contributed by atoms with Gasteiger partial charge in [0.15, 0.2) is 0 Å². The van der Waals surface area contributed by atoms with E-state index in [1.54, 1.807) is 0 Å². The molecule has 3 rings (SSSR count). The molecule has 6 nitrogen and oxygen atoms in total. The molecule has 1 aliphatic rings. The van der Waals surface area contributed by atoms with E-state index >= 15 is 0 Å². The van der Waals surface area contributed by atoms with Crippen molar-refractivity contribution in [2.45, 2.75) is 26.8 Å². The second kappa shape index (κ2) is 6.80. The van der Waals surface area contributed by atoms with Crippen molar-refractivity contribution in [3.05, 3.63) is 35.0 Å². The molecule has 0 saturated carbocycles. The van der Waals surface area contributed by atoms with Crippen LogP contribution in [0.4, 0.5) is 5.69 Å². The lowest BCUT2D eigenvalue weighted by molar-refractivity contribution is -0.117. The van der Waals surface area contributed by atoms with Gasteiger partial charge in [-0.3, -0.25) is 14.8 Å². The van der Waals surface area contributed by atoms with Crippen LogP contribution < -0.4 is 5.32 Å². The minimum atomic E-state index is -0.0159. The number of rotatable bonds is 4.